The van der Waals surface area contributed by atoms with Crippen LogP contribution in [0, 0.1) is 18.3 Å². The van der Waals surface area contributed by atoms with Gasteiger partial charge in [-0.3, -0.25) is 19.2 Å². The molecule has 0 aliphatic heterocycles. The number of hydrogen-bond donors (Lipinski definition) is 3. The number of benzene rings is 2. The molecule has 0 aliphatic carbocycles. The van der Waals surface area contributed by atoms with Crippen LogP contribution < -0.4 is 32.9 Å². The van der Waals surface area contributed by atoms with Gasteiger partial charge in [-0.2, -0.15) is 0 Å². The largest absolute Gasteiger partial charge is 1.00 e. The van der Waals surface area contributed by atoms with E-state index in [0.29, 0.717) is 63.8 Å². The Morgan fingerprint density at radius 2 is 1.63 bits per heavy atom. The van der Waals surface area contributed by atoms with Crippen LogP contribution >= 0.6 is 0 Å². The first kappa shape index (κ1) is 43.7. The molecule has 0 radical (unpaired) electrons. The molecule has 0 bridgehead atoms. The summed E-state index contributed by atoms with van der Waals surface area (Å²) < 4.78 is 4.99. The van der Waals surface area contributed by atoms with Gasteiger partial charge < -0.3 is 37.7 Å². The van der Waals surface area contributed by atoms with Gasteiger partial charge in [0.1, 0.15) is 23.1 Å². The number of carbonyl (C=O) groups is 5. The lowest BCUT2D eigenvalue weighted by Crippen LogP contribution is -3.00. The molecule has 9 nitrogen and oxygen atoms in total. The minimum absolute atomic E-state index is 0. The van der Waals surface area contributed by atoms with Crippen LogP contribution in [0.25, 0.3) is 0 Å². The van der Waals surface area contributed by atoms with Crippen molar-refractivity contribution in [2.75, 3.05) is 45.4 Å². The highest BCUT2D eigenvalue weighted by Gasteiger charge is 2.27. The van der Waals surface area contributed by atoms with E-state index in [-0.39, 0.29) is 64.0 Å². The Morgan fingerprint density at radius 3 is 2.29 bits per heavy atom. The summed E-state index contributed by atoms with van der Waals surface area (Å²) in [5.74, 6) is 3.68. The van der Waals surface area contributed by atoms with Crippen molar-refractivity contribution in [1.29, 1.82) is 0 Å². The lowest BCUT2D eigenvalue weighted by atomic mass is 9.91. The van der Waals surface area contributed by atoms with Crippen molar-refractivity contribution >= 4 is 40.1 Å². The smallest absolute Gasteiger partial charge is 0.315 e. The molecule has 49 heavy (non-hydrogen) atoms. The number of halogens is 1. The highest BCUT2D eigenvalue weighted by atomic mass is 79.9. The van der Waals surface area contributed by atoms with Crippen LogP contribution in [0.1, 0.15) is 73.4 Å². The van der Waals surface area contributed by atoms with Gasteiger partial charge in [0.15, 0.2) is 11.6 Å². The van der Waals surface area contributed by atoms with Crippen LogP contribution in [0.3, 0.4) is 0 Å². The van der Waals surface area contributed by atoms with Crippen molar-refractivity contribution in [3.8, 4) is 12.3 Å². The molecule has 1 unspecified atom stereocenters. The van der Waals surface area contributed by atoms with E-state index in [1.54, 1.807) is 19.2 Å². The maximum Gasteiger partial charge on any atom is 0.315 e. The van der Waals surface area contributed by atoms with Crippen molar-refractivity contribution in [1.82, 2.24) is 16.0 Å². The quantitative estimate of drug-likeness (QED) is 0.0606. The highest BCUT2D eigenvalue weighted by molar-refractivity contribution is 7.95. The lowest BCUT2D eigenvalue weighted by molar-refractivity contribution is -0.127. The molecule has 0 saturated carbocycles. The van der Waals surface area contributed by atoms with E-state index in [2.05, 4.69) is 28.1 Å². The molecule has 0 aliphatic rings. The number of terminal acetylenes is 1. The molecule has 0 fully saturated rings. The number of amides is 2. The molecule has 2 rings (SSSR count). The van der Waals surface area contributed by atoms with E-state index in [4.69, 9.17) is 11.2 Å². The summed E-state index contributed by atoms with van der Waals surface area (Å²) in [6.45, 7) is 3.01. The summed E-state index contributed by atoms with van der Waals surface area (Å²) in [5.41, 5.74) is 2.79. The zero-order chi connectivity index (χ0) is 35.1. The zero-order valence-electron chi connectivity index (χ0n) is 29.1. The second kappa shape index (κ2) is 25.6. The number of nitrogens with one attached hydrogen (secondary N) is 3. The SMILES string of the molecule is C#CCCC(=O)Cc1ccc(C[S+](C)CC[C@H](CC(=O)[C@H](CCCCNCC(=O)c2ccccc2)NC(=O)NCCOC)C(C)=O)cc1.[Br-]. The third-order valence-electron chi connectivity index (χ3n) is 7.99. The first-order valence-corrected chi connectivity index (χ1v) is 18.6. The Hall–Kier alpha value is -3.30. The van der Waals surface area contributed by atoms with Gasteiger partial charge in [-0.15, -0.1) is 12.3 Å². The molecule has 0 saturated heterocycles. The predicted octanol–water partition coefficient (Wildman–Crippen LogP) is 1.48. The molecule has 0 heterocycles. The number of ketones is 4. The highest BCUT2D eigenvalue weighted by Crippen LogP contribution is 2.18. The molecule has 3 atom stereocenters. The van der Waals surface area contributed by atoms with Gasteiger partial charge in [0, 0.05) is 62.8 Å². The number of hydrogen-bond acceptors (Lipinski definition) is 7. The number of carbonyl (C=O) groups excluding carboxylic acids is 5. The summed E-state index contributed by atoms with van der Waals surface area (Å²) in [4.78, 5) is 63.0. The Bertz CT molecular complexity index is 1350. The molecular weight excluding hydrogens is 706 g/mol. The molecule has 3 N–H and O–H groups in total. The third-order valence-corrected chi connectivity index (χ3v) is 9.74. The van der Waals surface area contributed by atoms with Crippen LogP contribution in [-0.4, -0.2) is 80.6 Å². The van der Waals surface area contributed by atoms with E-state index in [9.17, 15) is 24.0 Å². The van der Waals surface area contributed by atoms with Crippen molar-refractivity contribution in [2.45, 2.75) is 70.1 Å². The monoisotopic (exact) mass is 757 g/mol. The maximum atomic E-state index is 13.5. The van der Waals surface area contributed by atoms with Crippen molar-refractivity contribution in [3.05, 3.63) is 71.3 Å². The topological polar surface area (TPSA) is 131 Å². The maximum absolute atomic E-state index is 13.5. The lowest BCUT2D eigenvalue weighted by Gasteiger charge is -2.21. The Balaban J connectivity index is 0.0000120. The number of rotatable bonds is 25. The fourth-order valence-electron chi connectivity index (χ4n) is 5.13. The van der Waals surface area contributed by atoms with E-state index in [1.165, 1.54) is 12.5 Å². The van der Waals surface area contributed by atoms with Crippen LogP contribution in [0.5, 0.6) is 0 Å². The molecule has 0 spiro atoms. The number of methoxy groups -OCH3 is 1. The number of urea groups is 1. The molecule has 268 valence electrons. The Labute approximate surface area is 305 Å². The predicted molar refractivity (Wildman–Crippen MR) is 193 cm³/mol. The van der Waals surface area contributed by atoms with Gasteiger partial charge in [0.05, 0.1) is 25.4 Å². The average molecular weight is 759 g/mol. The third kappa shape index (κ3) is 18.9. The van der Waals surface area contributed by atoms with Gasteiger partial charge in [0.25, 0.3) is 0 Å². The summed E-state index contributed by atoms with van der Waals surface area (Å²) in [6, 6.07) is 16.0. The second-order valence-electron chi connectivity index (χ2n) is 12.0. The minimum atomic E-state index is -0.725. The summed E-state index contributed by atoms with van der Waals surface area (Å²) in [5, 5.41) is 8.66. The first-order valence-electron chi connectivity index (χ1n) is 16.6. The molecule has 11 heteroatoms. The molecule has 0 aromatic heterocycles. The Kier molecular flexibility index (Phi) is 22.9. The number of Topliss-reactive ketones (excluding diaryl/α,β-unsaturated/α-hetero) is 4. The summed E-state index contributed by atoms with van der Waals surface area (Å²) in [6.07, 6.45) is 11.1. The first-order chi connectivity index (χ1) is 23.1. The van der Waals surface area contributed by atoms with E-state index >= 15 is 0 Å². The van der Waals surface area contributed by atoms with E-state index in [0.717, 1.165) is 23.5 Å². The van der Waals surface area contributed by atoms with Gasteiger partial charge in [-0.1, -0.05) is 54.6 Å². The minimum Gasteiger partial charge on any atom is -1.00 e. The average Bonchev–Trinajstić information content (AvgIpc) is 3.07. The second-order valence-corrected chi connectivity index (χ2v) is 14.3. The van der Waals surface area contributed by atoms with Gasteiger partial charge in [-0.05, 0) is 49.2 Å². The fraction of sp³-hybridized carbons (Fsp3) is 0.500. The van der Waals surface area contributed by atoms with Crippen molar-refractivity contribution < 1.29 is 45.7 Å². The van der Waals surface area contributed by atoms with Crippen LogP contribution in [0.15, 0.2) is 54.6 Å². The summed E-state index contributed by atoms with van der Waals surface area (Å²) >= 11 is 0. The van der Waals surface area contributed by atoms with Crippen molar-refractivity contribution in [3.63, 3.8) is 0 Å². The fourth-order valence-corrected chi connectivity index (χ4v) is 6.72. The van der Waals surface area contributed by atoms with Crippen LogP contribution in [0.2, 0.25) is 0 Å². The van der Waals surface area contributed by atoms with Gasteiger partial charge in [-0.25, -0.2) is 4.79 Å². The zero-order valence-corrected chi connectivity index (χ0v) is 31.5. The van der Waals surface area contributed by atoms with E-state index in [1.807, 2.05) is 42.5 Å². The standard InChI is InChI=1S/C38H51N3O6S.BrH/c1-5-6-14-34(43)25-30-16-18-31(19-17-30)28-48(4)24-20-33(29(2)42)26-36(44)35(41-38(46)40-22-23-47-3)15-10-11-21-39-27-37(45)32-12-8-7-9-13-32;/h1,7-9,12-13,16-19,33,35,39H,6,10-11,14-15,20-28H2,2-4H3,(H-,40,41,46);1H/t33-,35+,48?;/m1./s1. The van der Waals surface area contributed by atoms with Gasteiger partial charge in [0.2, 0.25) is 0 Å². The molecular formula is C38H52BrN3O6S. The normalized spacial score (nSPS) is 12.4. The Morgan fingerprint density at radius 1 is 0.939 bits per heavy atom. The van der Waals surface area contributed by atoms with E-state index < -0.39 is 18.0 Å². The summed E-state index contributed by atoms with van der Waals surface area (Å²) in [7, 11) is 1.52. The number of ether oxygens (including phenoxy) is 1. The number of unbranched alkanes of at least 4 members (excludes halogenated alkanes) is 1. The molecule has 2 aromatic rings. The van der Waals surface area contributed by atoms with Crippen LogP contribution in [-0.2, 0) is 42.2 Å². The molecule has 2 aromatic carbocycles. The van der Waals surface area contributed by atoms with Crippen LogP contribution in [0.4, 0.5) is 4.79 Å². The van der Waals surface area contributed by atoms with Gasteiger partial charge >= 0.3 is 6.03 Å². The van der Waals surface area contributed by atoms with Crippen molar-refractivity contribution in [2.24, 2.45) is 5.92 Å². The molecule has 2 amide bonds.